The van der Waals surface area contributed by atoms with Crippen molar-refractivity contribution in [2.75, 3.05) is 0 Å². The van der Waals surface area contributed by atoms with E-state index < -0.39 is 5.82 Å². The monoisotopic (exact) mass is 328 g/mol. The molecule has 0 nitrogen and oxygen atoms in total. The summed E-state index contributed by atoms with van der Waals surface area (Å²) in [6, 6.07) is 12.0. The Morgan fingerprint density at radius 3 is 2.30 bits per heavy atom. The van der Waals surface area contributed by atoms with Crippen LogP contribution in [0.25, 0.3) is 17.2 Å². The van der Waals surface area contributed by atoms with Gasteiger partial charge in [-0.05, 0) is 35.8 Å². The van der Waals surface area contributed by atoms with E-state index in [1.807, 2.05) is 6.07 Å². The standard InChI is InChI=1S/C21H22ClF/c1-3-15-12-13-19(20(22)21(15)23)18-10-8-17(9-11-18)16-6-4-14(2)5-7-16/h3,8-14,16H,1,4-7H2,2H3. The highest BCUT2D eigenvalue weighted by molar-refractivity contribution is 6.33. The summed E-state index contributed by atoms with van der Waals surface area (Å²) in [6.07, 6.45) is 6.64. The Labute approximate surface area is 143 Å². The molecule has 0 atom stereocenters. The first-order valence-electron chi connectivity index (χ1n) is 8.31. The van der Waals surface area contributed by atoms with E-state index in [0.717, 1.165) is 17.0 Å². The first-order valence-corrected chi connectivity index (χ1v) is 8.68. The van der Waals surface area contributed by atoms with Crippen LogP contribution in [0.4, 0.5) is 4.39 Å². The molecule has 120 valence electrons. The predicted octanol–water partition coefficient (Wildman–Crippen LogP) is 7.08. The van der Waals surface area contributed by atoms with Gasteiger partial charge in [-0.15, -0.1) is 0 Å². The fourth-order valence-electron chi connectivity index (χ4n) is 3.47. The zero-order valence-electron chi connectivity index (χ0n) is 13.5. The molecule has 1 saturated carbocycles. The largest absolute Gasteiger partial charge is 0.205 e. The lowest BCUT2D eigenvalue weighted by molar-refractivity contribution is 0.348. The Hall–Kier alpha value is -1.60. The summed E-state index contributed by atoms with van der Waals surface area (Å²) >= 11 is 6.19. The van der Waals surface area contributed by atoms with E-state index in [9.17, 15) is 4.39 Å². The lowest BCUT2D eigenvalue weighted by atomic mass is 9.79. The molecule has 0 radical (unpaired) electrons. The van der Waals surface area contributed by atoms with E-state index in [-0.39, 0.29) is 5.02 Å². The number of hydrogen-bond acceptors (Lipinski definition) is 0. The van der Waals surface area contributed by atoms with Crippen LogP contribution in [0.1, 0.15) is 49.7 Å². The van der Waals surface area contributed by atoms with Crippen molar-refractivity contribution in [3.63, 3.8) is 0 Å². The fraction of sp³-hybridized carbons (Fsp3) is 0.333. The molecule has 2 heteroatoms. The molecule has 0 aliphatic heterocycles. The molecular weight excluding hydrogens is 307 g/mol. The highest BCUT2D eigenvalue weighted by Gasteiger charge is 2.20. The van der Waals surface area contributed by atoms with Crippen LogP contribution in [-0.2, 0) is 0 Å². The van der Waals surface area contributed by atoms with Crippen LogP contribution in [0.2, 0.25) is 5.02 Å². The van der Waals surface area contributed by atoms with Crippen LogP contribution in [0.3, 0.4) is 0 Å². The maximum atomic E-state index is 14.2. The van der Waals surface area contributed by atoms with Gasteiger partial charge in [-0.25, -0.2) is 4.39 Å². The first-order chi connectivity index (χ1) is 11.1. The normalized spacial score (nSPS) is 21.2. The summed E-state index contributed by atoms with van der Waals surface area (Å²) in [5.74, 6) is 1.12. The van der Waals surface area contributed by atoms with Crippen LogP contribution in [0.15, 0.2) is 43.0 Å². The summed E-state index contributed by atoms with van der Waals surface area (Å²) < 4.78 is 14.2. The minimum absolute atomic E-state index is 0.168. The smallest absolute Gasteiger partial charge is 0.149 e. The first kappa shape index (κ1) is 16.3. The van der Waals surface area contributed by atoms with Crippen LogP contribution in [0.5, 0.6) is 0 Å². The molecule has 0 unspecified atom stereocenters. The third-order valence-electron chi connectivity index (χ3n) is 5.04. The molecule has 0 amide bonds. The van der Waals surface area contributed by atoms with Gasteiger partial charge in [0.05, 0.1) is 5.02 Å². The van der Waals surface area contributed by atoms with Crippen molar-refractivity contribution in [2.24, 2.45) is 5.92 Å². The van der Waals surface area contributed by atoms with E-state index in [1.165, 1.54) is 37.3 Å². The van der Waals surface area contributed by atoms with Gasteiger partial charge >= 0.3 is 0 Å². The van der Waals surface area contributed by atoms with Gasteiger partial charge in [0, 0.05) is 11.1 Å². The van der Waals surface area contributed by atoms with Crippen molar-refractivity contribution in [1.29, 1.82) is 0 Å². The third-order valence-corrected chi connectivity index (χ3v) is 5.41. The van der Waals surface area contributed by atoms with Crippen LogP contribution in [0, 0.1) is 11.7 Å². The molecular formula is C21H22ClF. The summed E-state index contributed by atoms with van der Waals surface area (Å²) in [4.78, 5) is 0. The highest BCUT2D eigenvalue weighted by atomic mass is 35.5. The molecule has 0 saturated heterocycles. The van der Waals surface area contributed by atoms with E-state index >= 15 is 0 Å². The maximum Gasteiger partial charge on any atom is 0.149 e. The topological polar surface area (TPSA) is 0 Å². The SMILES string of the molecule is C=Cc1ccc(-c2ccc(C3CCC(C)CC3)cc2)c(Cl)c1F. The molecule has 0 spiro atoms. The van der Waals surface area contributed by atoms with Gasteiger partial charge in [-0.1, -0.05) is 80.4 Å². The number of rotatable bonds is 3. The average Bonchev–Trinajstić information content (AvgIpc) is 2.58. The van der Waals surface area contributed by atoms with Gasteiger partial charge < -0.3 is 0 Å². The zero-order chi connectivity index (χ0) is 16.4. The van der Waals surface area contributed by atoms with Gasteiger partial charge in [-0.3, -0.25) is 0 Å². The summed E-state index contributed by atoms with van der Waals surface area (Å²) in [7, 11) is 0. The highest BCUT2D eigenvalue weighted by Crippen LogP contribution is 2.37. The quantitative estimate of drug-likeness (QED) is 0.564. The minimum Gasteiger partial charge on any atom is -0.205 e. The maximum absolute atomic E-state index is 14.2. The number of hydrogen-bond donors (Lipinski definition) is 0. The molecule has 1 aliphatic rings. The summed E-state index contributed by atoms with van der Waals surface area (Å²) in [5.41, 5.74) is 3.52. The summed E-state index contributed by atoms with van der Waals surface area (Å²) in [5, 5.41) is 0.168. The number of benzene rings is 2. The van der Waals surface area contributed by atoms with Crippen molar-refractivity contribution in [3.8, 4) is 11.1 Å². The second-order valence-corrected chi connectivity index (χ2v) is 6.99. The molecule has 0 heterocycles. The fourth-order valence-corrected chi connectivity index (χ4v) is 3.75. The van der Waals surface area contributed by atoms with Gasteiger partial charge in [0.25, 0.3) is 0 Å². The Morgan fingerprint density at radius 2 is 1.70 bits per heavy atom. The van der Waals surface area contributed by atoms with Crippen molar-refractivity contribution in [1.82, 2.24) is 0 Å². The van der Waals surface area contributed by atoms with Crippen LogP contribution < -0.4 is 0 Å². The van der Waals surface area contributed by atoms with Crippen molar-refractivity contribution in [2.45, 2.75) is 38.5 Å². The molecule has 2 aromatic rings. The Kier molecular flexibility index (Phi) is 4.87. The lowest BCUT2D eigenvalue weighted by Gasteiger charge is -2.26. The second kappa shape index (κ2) is 6.88. The molecule has 0 bridgehead atoms. The van der Waals surface area contributed by atoms with Gasteiger partial charge in [0.2, 0.25) is 0 Å². The molecule has 1 fully saturated rings. The molecule has 23 heavy (non-hydrogen) atoms. The van der Waals surface area contributed by atoms with E-state index in [4.69, 9.17) is 11.6 Å². The third kappa shape index (κ3) is 3.35. The molecule has 2 aromatic carbocycles. The van der Waals surface area contributed by atoms with Gasteiger partial charge in [0.1, 0.15) is 5.82 Å². The van der Waals surface area contributed by atoms with E-state index in [2.05, 4.69) is 37.8 Å². The average molecular weight is 329 g/mol. The van der Waals surface area contributed by atoms with E-state index in [0.29, 0.717) is 11.5 Å². The van der Waals surface area contributed by atoms with Crippen molar-refractivity contribution in [3.05, 3.63) is 64.9 Å². The van der Waals surface area contributed by atoms with Gasteiger partial charge in [0.15, 0.2) is 0 Å². The second-order valence-electron chi connectivity index (χ2n) is 6.61. The zero-order valence-corrected chi connectivity index (χ0v) is 14.2. The lowest BCUT2D eigenvalue weighted by Crippen LogP contribution is -2.10. The van der Waals surface area contributed by atoms with Crippen LogP contribution in [-0.4, -0.2) is 0 Å². The van der Waals surface area contributed by atoms with E-state index in [1.54, 1.807) is 6.07 Å². The molecule has 0 N–H and O–H groups in total. The molecule has 1 aliphatic carbocycles. The van der Waals surface area contributed by atoms with Crippen LogP contribution >= 0.6 is 11.6 Å². The van der Waals surface area contributed by atoms with Crippen molar-refractivity contribution < 1.29 is 4.39 Å². The molecule has 0 aromatic heterocycles. The minimum atomic E-state index is -0.399. The Morgan fingerprint density at radius 1 is 1.04 bits per heavy atom. The Balaban J connectivity index is 1.85. The van der Waals surface area contributed by atoms with Crippen molar-refractivity contribution >= 4 is 17.7 Å². The predicted molar refractivity (Wildman–Crippen MR) is 97.3 cm³/mol. The number of halogens is 2. The summed E-state index contributed by atoms with van der Waals surface area (Å²) in [6.45, 7) is 5.94. The van der Waals surface area contributed by atoms with Gasteiger partial charge in [-0.2, -0.15) is 0 Å². The molecule has 3 rings (SSSR count). The Bertz CT molecular complexity index is 695.